The summed E-state index contributed by atoms with van der Waals surface area (Å²) in [6.45, 7) is 13.0. The van der Waals surface area contributed by atoms with Crippen molar-refractivity contribution in [3.63, 3.8) is 0 Å². The number of likely N-dealkylation sites (N-methyl/N-ethyl adjacent to an activating group) is 1. The van der Waals surface area contributed by atoms with Crippen molar-refractivity contribution >= 4 is 17.9 Å². The standard InChI is InChI=1S/C28H45N3O5/c1-8-31(26(34)22(17-18(2)3)30-27(35)36-28(5,6)7)23(21-16-12-13-19(4)24(21)32)25(33)29-20-14-10-9-11-15-20/h12-13,16,18,20,22-23,32H,8-11,14-15,17H2,1-7H3,(H,29,33)(H,30,35). The largest absolute Gasteiger partial charge is 0.507 e. The molecule has 1 fully saturated rings. The molecule has 1 aliphatic carbocycles. The number of carbonyl (C=O) groups excluding carboxylic acids is 3. The van der Waals surface area contributed by atoms with E-state index in [2.05, 4.69) is 10.6 Å². The van der Waals surface area contributed by atoms with Crippen molar-refractivity contribution in [1.29, 1.82) is 0 Å². The van der Waals surface area contributed by atoms with Crippen molar-refractivity contribution in [3.05, 3.63) is 29.3 Å². The fourth-order valence-corrected chi connectivity index (χ4v) is 4.69. The van der Waals surface area contributed by atoms with Crippen LogP contribution in [0, 0.1) is 12.8 Å². The lowest BCUT2D eigenvalue weighted by Gasteiger charge is -2.35. The number of nitrogens with zero attached hydrogens (tertiary/aromatic N) is 1. The molecule has 0 radical (unpaired) electrons. The molecule has 1 aromatic rings. The summed E-state index contributed by atoms with van der Waals surface area (Å²) in [4.78, 5) is 41.7. The van der Waals surface area contributed by atoms with Crippen LogP contribution in [0.15, 0.2) is 18.2 Å². The zero-order chi connectivity index (χ0) is 27.0. The molecule has 0 aliphatic heterocycles. The first kappa shape index (κ1) is 29.5. The first-order chi connectivity index (χ1) is 16.8. The molecule has 1 aromatic carbocycles. The third-order valence-electron chi connectivity index (χ3n) is 6.40. The molecule has 3 N–H and O–H groups in total. The van der Waals surface area contributed by atoms with Crippen molar-refractivity contribution in [2.75, 3.05) is 6.54 Å². The molecule has 2 unspecified atom stereocenters. The van der Waals surface area contributed by atoms with E-state index in [4.69, 9.17) is 4.74 Å². The van der Waals surface area contributed by atoms with Crippen LogP contribution in [-0.2, 0) is 14.3 Å². The Balaban J connectivity index is 2.43. The van der Waals surface area contributed by atoms with Crippen LogP contribution in [0.4, 0.5) is 4.79 Å². The lowest BCUT2D eigenvalue weighted by molar-refractivity contribution is -0.143. The summed E-state index contributed by atoms with van der Waals surface area (Å²) in [5.74, 6) is -0.608. The van der Waals surface area contributed by atoms with E-state index in [0.29, 0.717) is 17.5 Å². The van der Waals surface area contributed by atoms with Gasteiger partial charge in [-0.05, 0) is 65.4 Å². The van der Waals surface area contributed by atoms with Crippen LogP contribution in [0.1, 0.15) is 97.2 Å². The van der Waals surface area contributed by atoms with E-state index in [0.717, 1.165) is 32.1 Å². The number of aryl methyl sites for hydroxylation is 1. The molecular formula is C28H45N3O5. The summed E-state index contributed by atoms with van der Waals surface area (Å²) in [6.07, 6.45) is 4.75. The molecule has 1 saturated carbocycles. The number of phenolic OH excluding ortho intramolecular Hbond substituents is 1. The summed E-state index contributed by atoms with van der Waals surface area (Å²) < 4.78 is 5.40. The van der Waals surface area contributed by atoms with E-state index in [1.807, 2.05) is 13.8 Å². The highest BCUT2D eigenvalue weighted by atomic mass is 16.6. The highest BCUT2D eigenvalue weighted by Gasteiger charge is 2.37. The molecule has 36 heavy (non-hydrogen) atoms. The second-order valence-electron chi connectivity index (χ2n) is 11.2. The van der Waals surface area contributed by atoms with Gasteiger partial charge in [0.1, 0.15) is 23.4 Å². The third kappa shape index (κ3) is 8.42. The van der Waals surface area contributed by atoms with Crippen LogP contribution in [0.3, 0.4) is 0 Å². The maximum absolute atomic E-state index is 13.9. The SMILES string of the molecule is CCN(C(=O)C(CC(C)C)NC(=O)OC(C)(C)C)C(C(=O)NC1CCCCC1)c1cccc(C)c1O. The van der Waals surface area contributed by atoms with E-state index in [9.17, 15) is 19.5 Å². The van der Waals surface area contributed by atoms with E-state index in [1.54, 1.807) is 52.8 Å². The normalized spacial score (nSPS) is 16.2. The quantitative estimate of drug-likeness (QED) is 0.441. The van der Waals surface area contributed by atoms with E-state index >= 15 is 0 Å². The average Bonchev–Trinajstić information content (AvgIpc) is 2.77. The molecule has 0 aromatic heterocycles. The molecule has 8 heteroatoms. The predicted octanol–water partition coefficient (Wildman–Crippen LogP) is 4.98. The van der Waals surface area contributed by atoms with Gasteiger partial charge in [0, 0.05) is 18.2 Å². The highest BCUT2D eigenvalue weighted by molar-refractivity contribution is 5.92. The minimum absolute atomic E-state index is 0.00643. The fourth-order valence-electron chi connectivity index (χ4n) is 4.69. The Hall–Kier alpha value is -2.77. The van der Waals surface area contributed by atoms with Gasteiger partial charge in [-0.15, -0.1) is 0 Å². The molecule has 0 heterocycles. The van der Waals surface area contributed by atoms with Crippen molar-refractivity contribution in [2.24, 2.45) is 5.92 Å². The van der Waals surface area contributed by atoms with Crippen LogP contribution in [0.5, 0.6) is 5.75 Å². The minimum atomic E-state index is -1.03. The van der Waals surface area contributed by atoms with Crippen LogP contribution in [0.25, 0.3) is 0 Å². The Morgan fingerprint density at radius 2 is 1.78 bits per heavy atom. The van der Waals surface area contributed by atoms with Gasteiger partial charge in [-0.3, -0.25) is 9.59 Å². The number of hydrogen-bond acceptors (Lipinski definition) is 5. The zero-order valence-corrected chi connectivity index (χ0v) is 23.0. The Bertz CT molecular complexity index is 903. The Morgan fingerprint density at radius 1 is 1.14 bits per heavy atom. The average molecular weight is 504 g/mol. The second-order valence-corrected chi connectivity index (χ2v) is 11.2. The topological polar surface area (TPSA) is 108 Å². The number of ether oxygens (including phenoxy) is 1. The van der Waals surface area contributed by atoms with Crippen LogP contribution >= 0.6 is 0 Å². The van der Waals surface area contributed by atoms with E-state index in [1.165, 1.54) is 4.90 Å². The van der Waals surface area contributed by atoms with E-state index in [-0.39, 0.29) is 36.1 Å². The summed E-state index contributed by atoms with van der Waals surface area (Å²) in [5.41, 5.74) is 0.284. The van der Waals surface area contributed by atoms with Gasteiger partial charge in [0.25, 0.3) is 0 Å². The van der Waals surface area contributed by atoms with Crippen LogP contribution < -0.4 is 10.6 Å². The first-order valence-corrected chi connectivity index (χ1v) is 13.2. The number of para-hydroxylation sites is 1. The van der Waals surface area contributed by atoms with Gasteiger partial charge in [-0.1, -0.05) is 51.3 Å². The van der Waals surface area contributed by atoms with Crippen LogP contribution in [0.2, 0.25) is 0 Å². The molecule has 202 valence electrons. The van der Waals surface area contributed by atoms with Gasteiger partial charge in [0.2, 0.25) is 11.8 Å². The smallest absolute Gasteiger partial charge is 0.408 e. The molecule has 3 amide bonds. The molecule has 2 atom stereocenters. The fraction of sp³-hybridized carbons (Fsp3) is 0.679. The molecule has 0 spiro atoms. The van der Waals surface area contributed by atoms with Crippen molar-refractivity contribution in [2.45, 2.75) is 111 Å². The van der Waals surface area contributed by atoms with Gasteiger partial charge in [-0.2, -0.15) is 0 Å². The third-order valence-corrected chi connectivity index (χ3v) is 6.40. The second kappa shape index (κ2) is 13.0. The lowest BCUT2D eigenvalue weighted by Crippen LogP contribution is -2.54. The van der Waals surface area contributed by atoms with Crippen molar-refractivity contribution in [3.8, 4) is 5.75 Å². The number of rotatable bonds is 9. The highest BCUT2D eigenvalue weighted by Crippen LogP contribution is 2.33. The van der Waals surface area contributed by atoms with Crippen molar-refractivity contribution < 1.29 is 24.2 Å². The maximum atomic E-state index is 13.9. The molecule has 2 rings (SSSR count). The summed E-state index contributed by atoms with van der Waals surface area (Å²) in [5, 5.41) is 16.8. The Labute approximate surface area is 216 Å². The molecule has 0 saturated heterocycles. The monoisotopic (exact) mass is 503 g/mol. The summed E-state index contributed by atoms with van der Waals surface area (Å²) in [6, 6.07) is 3.35. The Kier molecular flexibility index (Phi) is 10.6. The minimum Gasteiger partial charge on any atom is -0.507 e. The predicted molar refractivity (Wildman–Crippen MR) is 141 cm³/mol. The summed E-state index contributed by atoms with van der Waals surface area (Å²) in [7, 11) is 0. The number of carbonyl (C=O) groups is 3. The number of phenols is 1. The lowest BCUT2D eigenvalue weighted by atomic mass is 9.94. The number of aromatic hydroxyl groups is 1. The number of benzene rings is 1. The van der Waals surface area contributed by atoms with E-state index < -0.39 is 23.8 Å². The van der Waals surface area contributed by atoms with Gasteiger partial charge in [0.15, 0.2) is 0 Å². The van der Waals surface area contributed by atoms with Gasteiger partial charge < -0.3 is 25.4 Å². The molecular weight excluding hydrogens is 458 g/mol. The molecule has 0 bridgehead atoms. The van der Waals surface area contributed by atoms with Gasteiger partial charge in [0.05, 0.1) is 0 Å². The number of hydrogen-bond donors (Lipinski definition) is 3. The van der Waals surface area contributed by atoms with Crippen molar-refractivity contribution in [1.82, 2.24) is 15.5 Å². The zero-order valence-electron chi connectivity index (χ0n) is 23.0. The number of amides is 3. The number of alkyl carbamates (subject to hydrolysis) is 1. The first-order valence-electron chi connectivity index (χ1n) is 13.2. The Morgan fingerprint density at radius 3 is 2.33 bits per heavy atom. The van der Waals surface area contributed by atoms with Gasteiger partial charge >= 0.3 is 6.09 Å². The van der Waals surface area contributed by atoms with Crippen LogP contribution in [-0.4, -0.2) is 52.1 Å². The summed E-state index contributed by atoms with van der Waals surface area (Å²) >= 11 is 0. The van der Waals surface area contributed by atoms with Gasteiger partial charge in [-0.25, -0.2) is 4.79 Å². The molecule has 1 aliphatic rings. The number of nitrogens with one attached hydrogen (secondary N) is 2. The molecule has 8 nitrogen and oxygen atoms in total. The maximum Gasteiger partial charge on any atom is 0.408 e.